The molecule has 0 bridgehead atoms. The van der Waals surface area contributed by atoms with Gasteiger partial charge in [-0.05, 0) is 50.9 Å². The van der Waals surface area contributed by atoms with Gasteiger partial charge in [0.15, 0.2) is 0 Å². The summed E-state index contributed by atoms with van der Waals surface area (Å²) in [4.78, 5) is 7.20. The summed E-state index contributed by atoms with van der Waals surface area (Å²) in [5.74, 6) is 2.22. The molecule has 122 valence electrons. The van der Waals surface area contributed by atoms with E-state index < -0.39 is 0 Å². The third kappa shape index (κ3) is 2.95. The second-order valence-electron chi connectivity index (χ2n) is 6.32. The monoisotopic (exact) mass is 333 g/mol. The fourth-order valence-corrected chi connectivity index (χ4v) is 3.61. The number of halogens is 1. The van der Waals surface area contributed by atoms with E-state index in [2.05, 4.69) is 15.0 Å². The van der Waals surface area contributed by atoms with Gasteiger partial charge in [-0.3, -0.25) is 0 Å². The molecule has 6 heteroatoms. The van der Waals surface area contributed by atoms with Crippen molar-refractivity contribution in [2.45, 2.75) is 37.6 Å². The highest BCUT2D eigenvalue weighted by atomic mass is 35.5. The fraction of sp³-hybridized carbons (Fsp3) is 0.529. The molecule has 2 aliphatic rings. The van der Waals surface area contributed by atoms with Crippen molar-refractivity contribution in [3.05, 3.63) is 29.1 Å². The van der Waals surface area contributed by atoms with Crippen molar-refractivity contribution in [3.63, 3.8) is 0 Å². The molecule has 4 rings (SSSR count). The van der Waals surface area contributed by atoms with Crippen molar-refractivity contribution < 1.29 is 9.26 Å². The van der Waals surface area contributed by atoms with Gasteiger partial charge in [-0.15, -0.1) is 0 Å². The van der Waals surface area contributed by atoms with Gasteiger partial charge in [-0.2, -0.15) is 4.98 Å². The first-order valence-corrected chi connectivity index (χ1v) is 8.54. The van der Waals surface area contributed by atoms with Crippen LogP contribution in [0.25, 0.3) is 11.4 Å². The Morgan fingerprint density at radius 2 is 2.00 bits per heavy atom. The summed E-state index contributed by atoms with van der Waals surface area (Å²) in [7, 11) is 1.60. The van der Waals surface area contributed by atoms with Crippen molar-refractivity contribution in [2.24, 2.45) is 0 Å². The highest BCUT2D eigenvalue weighted by Gasteiger charge is 2.33. The molecule has 1 aliphatic heterocycles. The molecule has 1 aliphatic carbocycles. The van der Waals surface area contributed by atoms with Gasteiger partial charge < -0.3 is 14.2 Å². The minimum absolute atomic E-state index is 0.358. The molecule has 0 amide bonds. The number of nitrogens with zero attached hydrogens (tertiary/aromatic N) is 3. The van der Waals surface area contributed by atoms with Crippen LogP contribution in [0.15, 0.2) is 22.7 Å². The summed E-state index contributed by atoms with van der Waals surface area (Å²) in [6, 6.07) is 6.39. The summed E-state index contributed by atoms with van der Waals surface area (Å²) in [5, 5.41) is 4.69. The van der Waals surface area contributed by atoms with Crippen LogP contribution in [0, 0.1) is 0 Å². The van der Waals surface area contributed by atoms with Crippen LogP contribution in [0.5, 0.6) is 5.75 Å². The van der Waals surface area contributed by atoms with Crippen molar-refractivity contribution in [1.29, 1.82) is 0 Å². The van der Waals surface area contributed by atoms with Gasteiger partial charge in [0.1, 0.15) is 5.75 Å². The molecular weight excluding hydrogens is 314 g/mol. The van der Waals surface area contributed by atoms with Crippen molar-refractivity contribution in [3.8, 4) is 17.1 Å². The number of ether oxygens (including phenoxy) is 1. The highest BCUT2D eigenvalue weighted by molar-refractivity contribution is 6.32. The number of methoxy groups -OCH3 is 1. The van der Waals surface area contributed by atoms with Gasteiger partial charge >= 0.3 is 0 Å². The molecular formula is C17H20ClN3O2. The van der Waals surface area contributed by atoms with E-state index >= 15 is 0 Å². The minimum Gasteiger partial charge on any atom is -0.494 e. The van der Waals surface area contributed by atoms with Gasteiger partial charge in [0, 0.05) is 12.0 Å². The Kier molecular flexibility index (Phi) is 3.99. The van der Waals surface area contributed by atoms with E-state index in [0.717, 1.165) is 43.4 Å². The average Bonchev–Trinajstić information content (AvgIpc) is 3.32. The molecule has 2 aromatic rings. The summed E-state index contributed by atoms with van der Waals surface area (Å²) < 4.78 is 10.9. The van der Waals surface area contributed by atoms with Gasteiger partial charge in [-0.1, -0.05) is 22.8 Å². The Hall–Kier alpha value is -1.59. The normalized spacial score (nSPS) is 19.9. The highest BCUT2D eigenvalue weighted by Crippen LogP contribution is 2.37. The van der Waals surface area contributed by atoms with E-state index in [1.807, 2.05) is 12.1 Å². The predicted octanol–water partition coefficient (Wildman–Crippen LogP) is 3.74. The largest absolute Gasteiger partial charge is 0.494 e. The molecule has 2 fully saturated rings. The van der Waals surface area contributed by atoms with Crippen LogP contribution in [0.4, 0.5) is 0 Å². The zero-order valence-corrected chi connectivity index (χ0v) is 13.9. The fourth-order valence-electron chi connectivity index (χ4n) is 3.35. The smallest absolute Gasteiger partial charge is 0.230 e. The van der Waals surface area contributed by atoms with Crippen LogP contribution in [0.1, 0.15) is 37.5 Å². The number of hydrogen-bond donors (Lipinski definition) is 0. The number of piperidine rings is 1. The Labute approximate surface area is 140 Å². The number of likely N-dealkylation sites (tertiary alicyclic amines) is 1. The maximum absolute atomic E-state index is 6.17. The van der Waals surface area contributed by atoms with Crippen LogP contribution in [0.3, 0.4) is 0 Å². The van der Waals surface area contributed by atoms with Crippen LogP contribution in [-0.4, -0.2) is 41.3 Å². The predicted molar refractivity (Wildman–Crippen MR) is 87.9 cm³/mol. The molecule has 0 spiro atoms. The van der Waals surface area contributed by atoms with Crippen molar-refractivity contribution >= 4 is 11.6 Å². The zero-order chi connectivity index (χ0) is 15.8. The zero-order valence-electron chi connectivity index (χ0n) is 13.2. The first-order valence-electron chi connectivity index (χ1n) is 8.17. The van der Waals surface area contributed by atoms with Gasteiger partial charge in [-0.25, -0.2) is 0 Å². The van der Waals surface area contributed by atoms with Crippen LogP contribution in [0.2, 0.25) is 5.02 Å². The van der Waals surface area contributed by atoms with Crippen molar-refractivity contribution in [2.75, 3.05) is 20.2 Å². The first-order chi connectivity index (χ1) is 11.3. The third-order valence-corrected chi connectivity index (χ3v) is 5.09. The number of benzene rings is 1. The van der Waals surface area contributed by atoms with Gasteiger partial charge in [0.05, 0.1) is 17.7 Å². The lowest BCUT2D eigenvalue weighted by Gasteiger charge is -2.30. The van der Waals surface area contributed by atoms with E-state index in [1.54, 1.807) is 13.2 Å². The first kappa shape index (κ1) is 15.0. The maximum atomic E-state index is 6.17. The van der Waals surface area contributed by atoms with Crippen LogP contribution in [-0.2, 0) is 0 Å². The third-order valence-electron chi connectivity index (χ3n) is 4.80. The summed E-state index contributed by atoms with van der Waals surface area (Å²) in [6.07, 6.45) is 4.91. The summed E-state index contributed by atoms with van der Waals surface area (Å²) >= 11 is 6.17. The lowest BCUT2D eigenvalue weighted by atomic mass is 9.96. The lowest BCUT2D eigenvalue weighted by Crippen LogP contribution is -2.34. The van der Waals surface area contributed by atoms with E-state index in [1.165, 1.54) is 12.8 Å². The van der Waals surface area contributed by atoms with E-state index in [4.69, 9.17) is 20.9 Å². The Morgan fingerprint density at radius 1 is 1.22 bits per heavy atom. The molecule has 0 atom stereocenters. The molecule has 5 nitrogen and oxygen atoms in total. The maximum Gasteiger partial charge on any atom is 0.230 e. The standard InChI is InChI=1S/C17H20ClN3O2/c1-22-15-13(3-2-4-14(15)18)16-19-17(23-20-16)11-7-9-21(10-8-11)12-5-6-12/h2-4,11-12H,5-10H2,1H3. The second-order valence-corrected chi connectivity index (χ2v) is 6.73. The van der Waals surface area contributed by atoms with Crippen LogP contribution < -0.4 is 4.74 Å². The van der Waals surface area contributed by atoms with Gasteiger partial charge in [0.2, 0.25) is 11.7 Å². The molecule has 1 saturated heterocycles. The van der Waals surface area contributed by atoms with E-state index in [-0.39, 0.29) is 0 Å². The summed E-state index contributed by atoms with van der Waals surface area (Å²) in [6.45, 7) is 2.26. The molecule has 1 aromatic carbocycles. The molecule has 0 radical (unpaired) electrons. The molecule has 2 heterocycles. The Bertz CT molecular complexity index is 691. The van der Waals surface area contributed by atoms with E-state index in [0.29, 0.717) is 22.5 Å². The molecule has 0 unspecified atom stereocenters. The summed E-state index contributed by atoms with van der Waals surface area (Å²) in [5.41, 5.74) is 0.769. The number of hydrogen-bond acceptors (Lipinski definition) is 5. The lowest BCUT2D eigenvalue weighted by molar-refractivity contribution is 0.186. The number of para-hydroxylation sites is 1. The topological polar surface area (TPSA) is 51.4 Å². The Morgan fingerprint density at radius 3 is 2.70 bits per heavy atom. The quantitative estimate of drug-likeness (QED) is 0.853. The van der Waals surface area contributed by atoms with Crippen molar-refractivity contribution in [1.82, 2.24) is 15.0 Å². The average molecular weight is 334 g/mol. The SMILES string of the molecule is COc1c(Cl)cccc1-c1noc(C2CCN(C3CC3)CC2)n1. The Balaban J connectivity index is 1.52. The second kappa shape index (κ2) is 6.13. The van der Waals surface area contributed by atoms with E-state index in [9.17, 15) is 0 Å². The molecule has 23 heavy (non-hydrogen) atoms. The van der Waals surface area contributed by atoms with Crippen LogP contribution >= 0.6 is 11.6 Å². The number of aromatic nitrogens is 2. The molecule has 1 saturated carbocycles. The molecule has 1 aromatic heterocycles. The minimum atomic E-state index is 0.358. The van der Waals surface area contributed by atoms with Gasteiger partial charge in [0.25, 0.3) is 0 Å². The number of rotatable bonds is 4. The molecule has 0 N–H and O–H groups in total.